The number of nitrogens with one attached hydrogen (secondary N) is 1. The summed E-state index contributed by atoms with van der Waals surface area (Å²) in [6.45, 7) is 2.35. The van der Waals surface area contributed by atoms with Crippen LogP contribution >= 0.6 is 11.6 Å². The standard InChI is InChI=1S/C24H19ClF3N3O3/c1-11-8-14-19(15(25)9-11)29-22(34)23(14)18-17(16-6-3-7-30(16)23)20(32)31(21(18)33)13-5-2-4-12(10-13)24(26,27)28/h2,4-5,8-10,16-18H,3,6-7H2,1H3,(H,29,34)/t16-,17-,18-,23+/m0/s1. The van der Waals surface area contributed by atoms with E-state index in [-0.39, 0.29) is 11.7 Å². The van der Waals surface area contributed by atoms with Crippen LogP contribution in [-0.4, -0.2) is 35.2 Å². The number of alkyl halides is 3. The van der Waals surface area contributed by atoms with E-state index in [0.717, 1.165) is 29.0 Å². The Bertz CT molecular complexity index is 1300. The van der Waals surface area contributed by atoms with Gasteiger partial charge in [0.2, 0.25) is 11.8 Å². The molecule has 0 radical (unpaired) electrons. The number of anilines is 2. The third-order valence-electron chi connectivity index (χ3n) is 7.63. The molecule has 0 aliphatic carbocycles. The molecule has 3 fully saturated rings. The van der Waals surface area contributed by atoms with Gasteiger partial charge in [0, 0.05) is 11.6 Å². The molecule has 0 saturated carbocycles. The van der Waals surface area contributed by atoms with Crippen molar-refractivity contribution in [2.75, 3.05) is 16.8 Å². The van der Waals surface area contributed by atoms with Gasteiger partial charge in [-0.15, -0.1) is 0 Å². The van der Waals surface area contributed by atoms with Crippen molar-refractivity contribution in [3.05, 3.63) is 58.1 Å². The van der Waals surface area contributed by atoms with E-state index < -0.39 is 46.8 Å². The number of carbonyl (C=O) groups is 3. The zero-order valence-corrected chi connectivity index (χ0v) is 18.7. The smallest absolute Gasteiger partial charge is 0.323 e. The number of nitrogens with zero attached hydrogens (tertiary/aromatic N) is 2. The highest BCUT2D eigenvalue weighted by Crippen LogP contribution is 2.61. The molecule has 4 aliphatic rings. The van der Waals surface area contributed by atoms with E-state index in [1.807, 2.05) is 17.9 Å². The van der Waals surface area contributed by atoms with E-state index in [1.54, 1.807) is 6.07 Å². The van der Waals surface area contributed by atoms with E-state index in [9.17, 15) is 27.6 Å². The molecular formula is C24H19ClF3N3O3. The number of hydrogen-bond acceptors (Lipinski definition) is 4. The number of hydrogen-bond donors (Lipinski definition) is 1. The highest BCUT2D eigenvalue weighted by atomic mass is 35.5. The van der Waals surface area contributed by atoms with E-state index in [4.69, 9.17) is 11.6 Å². The van der Waals surface area contributed by atoms with E-state index in [1.165, 1.54) is 12.1 Å². The summed E-state index contributed by atoms with van der Waals surface area (Å²) in [5.41, 5.74) is -0.758. The molecule has 10 heteroatoms. The highest BCUT2D eigenvalue weighted by Gasteiger charge is 2.74. The molecule has 0 aromatic heterocycles. The van der Waals surface area contributed by atoms with Crippen molar-refractivity contribution >= 4 is 40.7 Å². The number of rotatable bonds is 1. The molecule has 1 spiro atoms. The van der Waals surface area contributed by atoms with Crippen LogP contribution in [0.2, 0.25) is 5.02 Å². The summed E-state index contributed by atoms with van der Waals surface area (Å²) in [5, 5.41) is 3.17. The lowest BCUT2D eigenvalue weighted by Crippen LogP contribution is -2.54. The molecule has 3 saturated heterocycles. The van der Waals surface area contributed by atoms with Gasteiger partial charge in [0.05, 0.1) is 33.8 Å². The number of aryl methyl sites for hydroxylation is 1. The molecule has 2 aromatic carbocycles. The van der Waals surface area contributed by atoms with Crippen LogP contribution in [0.1, 0.15) is 29.5 Å². The quantitative estimate of drug-likeness (QED) is 0.612. The van der Waals surface area contributed by atoms with Crippen LogP contribution in [0.25, 0.3) is 0 Å². The number of carbonyl (C=O) groups excluding carboxylic acids is 3. The average molecular weight is 490 g/mol. The summed E-state index contributed by atoms with van der Waals surface area (Å²) in [4.78, 5) is 43.9. The Balaban J connectivity index is 1.54. The molecule has 2 aromatic rings. The van der Waals surface area contributed by atoms with Crippen molar-refractivity contribution in [3.63, 3.8) is 0 Å². The molecule has 1 N–H and O–H groups in total. The van der Waals surface area contributed by atoms with Crippen molar-refractivity contribution in [1.29, 1.82) is 0 Å². The van der Waals surface area contributed by atoms with Crippen molar-refractivity contribution in [2.45, 2.75) is 37.5 Å². The first-order chi connectivity index (χ1) is 16.1. The van der Waals surface area contributed by atoms with Crippen LogP contribution in [0.15, 0.2) is 36.4 Å². The second-order valence-electron chi connectivity index (χ2n) is 9.36. The van der Waals surface area contributed by atoms with Gasteiger partial charge in [-0.25, -0.2) is 4.90 Å². The van der Waals surface area contributed by atoms with Crippen LogP contribution in [0.3, 0.4) is 0 Å². The molecule has 34 heavy (non-hydrogen) atoms. The minimum Gasteiger partial charge on any atom is -0.323 e. The SMILES string of the molecule is Cc1cc(Cl)c2c(c1)[C@]1(C(=O)N2)[C@@H]2C(=O)N(c3cccc(C(F)(F)F)c3)C(=O)[C@H]2[C@@H]2CCCN21. The van der Waals surface area contributed by atoms with Gasteiger partial charge in [-0.05, 0) is 56.1 Å². The van der Waals surface area contributed by atoms with Crippen LogP contribution in [0.4, 0.5) is 24.5 Å². The van der Waals surface area contributed by atoms with Crippen molar-refractivity contribution in [2.24, 2.45) is 11.8 Å². The lowest BCUT2D eigenvalue weighted by Gasteiger charge is -2.36. The number of fused-ring (bicyclic) bond motifs is 7. The minimum absolute atomic E-state index is 0.139. The minimum atomic E-state index is -4.63. The second-order valence-corrected chi connectivity index (χ2v) is 9.76. The Morgan fingerprint density at radius 2 is 1.88 bits per heavy atom. The number of amides is 3. The summed E-state index contributed by atoms with van der Waals surface area (Å²) < 4.78 is 40.0. The maximum absolute atomic E-state index is 13.9. The summed E-state index contributed by atoms with van der Waals surface area (Å²) in [6.07, 6.45) is -3.27. The highest BCUT2D eigenvalue weighted by molar-refractivity contribution is 6.35. The molecule has 0 unspecified atom stereocenters. The molecule has 4 atom stereocenters. The number of halogens is 4. The third kappa shape index (κ3) is 2.54. The fourth-order valence-corrected chi connectivity index (χ4v) is 6.79. The van der Waals surface area contributed by atoms with Gasteiger partial charge in [-0.1, -0.05) is 23.7 Å². The number of benzene rings is 2. The van der Waals surface area contributed by atoms with Gasteiger partial charge < -0.3 is 5.32 Å². The summed E-state index contributed by atoms with van der Waals surface area (Å²) >= 11 is 6.44. The van der Waals surface area contributed by atoms with E-state index in [2.05, 4.69) is 5.32 Å². The first-order valence-corrected chi connectivity index (χ1v) is 11.4. The molecule has 4 heterocycles. The third-order valence-corrected chi connectivity index (χ3v) is 7.93. The van der Waals surface area contributed by atoms with E-state index >= 15 is 0 Å². The van der Waals surface area contributed by atoms with Crippen LogP contribution in [0, 0.1) is 18.8 Å². The van der Waals surface area contributed by atoms with Crippen molar-refractivity contribution in [3.8, 4) is 0 Å². The number of imide groups is 1. The topological polar surface area (TPSA) is 69.7 Å². The lowest BCUT2D eigenvalue weighted by molar-refractivity contribution is -0.137. The van der Waals surface area contributed by atoms with Gasteiger partial charge in [-0.3, -0.25) is 19.3 Å². The molecule has 6 nitrogen and oxygen atoms in total. The van der Waals surface area contributed by atoms with Gasteiger partial charge in [0.25, 0.3) is 5.91 Å². The van der Waals surface area contributed by atoms with E-state index in [0.29, 0.717) is 29.2 Å². The Morgan fingerprint density at radius 1 is 1.12 bits per heavy atom. The molecule has 0 bridgehead atoms. The summed E-state index contributed by atoms with van der Waals surface area (Å²) in [7, 11) is 0. The fourth-order valence-electron chi connectivity index (χ4n) is 6.47. The predicted molar refractivity (Wildman–Crippen MR) is 117 cm³/mol. The van der Waals surface area contributed by atoms with Gasteiger partial charge >= 0.3 is 6.18 Å². The molecule has 3 amide bonds. The predicted octanol–water partition coefficient (Wildman–Crippen LogP) is 4.10. The largest absolute Gasteiger partial charge is 0.416 e. The Morgan fingerprint density at radius 3 is 2.62 bits per heavy atom. The summed E-state index contributed by atoms with van der Waals surface area (Å²) in [6, 6.07) is 7.33. The molecule has 6 rings (SSSR count). The fraction of sp³-hybridized carbons (Fsp3) is 0.375. The zero-order valence-electron chi connectivity index (χ0n) is 17.9. The lowest BCUT2D eigenvalue weighted by atomic mass is 9.75. The van der Waals surface area contributed by atoms with Crippen molar-refractivity contribution in [1.82, 2.24) is 4.90 Å². The Labute approximate surface area is 197 Å². The molecule has 4 aliphatic heterocycles. The maximum atomic E-state index is 13.9. The Kier molecular flexibility index (Phi) is 4.34. The molecule has 176 valence electrons. The van der Waals surface area contributed by atoms with Crippen LogP contribution < -0.4 is 10.2 Å². The monoisotopic (exact) mass is 489 g/mol. The second kappa shape index (κ2) is 6.82. The first-order valence-electron chi connectivity index (χ1n) is 11.0. The van der Waals surface area contributed by atoms with Crippen LogP contribution in [0.5, 0.6) is 0 Å². The maximum Gasteiger partial charge on any atom is 0.416 e. The zero-order chi connectivity index (χ0) is 24.2. The summed E-state index contributed by atoms with van der Waals surface area (Å²) in [5.74, 6) is -3.55. The van der Waals surface area contributed by atoms with Crippen molar-refractivity contribution < 1.29 is 27.6 Å². The normalized spacial score (nSPS) is 30.2. The van der Waals surface area contributed by atoms with Crippen LogP contribution in [-0.2, 0) is 26.1 Å². The first kappa shape index (κ1) is 21.6. The molecular weight excluding hydrogens is 471 g/mol. The van der Waals surface area contributed by atoms with Gasteiger partial charge in [-0.2, -0.15) is 13.2 Å². The average Bonchev–Trinajstić information content (AvgIpc) is 3.47. The van der Waals surface area contributed by atoms with Gasteiger partial charge in [0.15, 0.2) is 0 Å². The Hall–Kier alpha value is -2.91. The van der Waals surface area contributed by atoms with Gasteiger partial charge in [0.1, 0.15) is 5.54 Å².